The smallest absolute Gasteiger partial charge is 0.249 e. The Hall–Kier alpha value is -3.22. The van der Waals surface area contributed by atoms with Crippen LogP contribution in [-0.2, 0) is 0 Å². The highest BCUT2D eigenvalue weighted by Crippen LogP contribution is 2.25. The van der Waals surface area contributed by atoms with Crippen molar-refractivity contribution < 1.29 is 4.39 Å². The van der Waals surface area contributed by atoms with Crippen molar-refractivity contribution in [3.63, 3.8) is 0 Å². The summed E-state index contributed by atoms with van der Waals surface area (Å²) >= 11 is 0. The third kappa shape index (κ3) is 4.69. The number of aromatic nitrogens is 3. The van der Waals surface area contributed by atoms with Crippen LogP contribution in [0.25, 0.3) is 0 Å². The topological polar surface area (TPSA) is 66.0 Å². The third-order valence-corrected chi connectivity index (χ3v) is 4.26. The molecule has 0 atom stereocenters. The molecule has 3 aromatic rings. The Morgan fingerprint density at radius 2 is 1.74 bits per heavy atom. The molecule has 0 bridgehead atoms. The minimum atomic E-state index is -0.285. The van der Waals surface area contributed by atoms with E-state index in [0.29, 0.717) is 11.8 Å². The molecule has 6 nitrogen and oxygen atoms in total. The van der Waals surface area contributed by atoms with Crippen LogP contribution in [0.2, 0.25) is 0 Å². The van der Waals surface area contributed by atoms with Crippen molar-refractivity contribution in [2.24, 2.45) is 0 Å². The Labute approximate surface area is 158 Å². The largest absolute Gasteiger partial charge is 0.372 e. The van der Waals surface area contributed by atoms with Crippen LogP contribution >= 0.6 is 0 Å². The van der Waals surface area contributed by atoms with Gasteiger partial charge in [0.25, 0.3) is 0 Å². The Bertz CT molecular complexity index is 893. The molecule has 0 saturated heterocycles. The van der Waals surface area contributed by atoms with Gasteiger partial charge in [0, 0.05) is 30.2 Å². The van der Waals surface area contributed by atoms with Crippen LogP contribution in [0.1, 0.15) is 19.4 Å². The standard InChI is InChI=1S/C20H23FN6/c1-4-27(5-2)17-10-11-18(14(3)12-17)24-20-25-19(13-22-26-20)23-16-8-6-15(21)7-9-16/h6-13H,4-5H2,1-3H3,(H2,23,24,25,26). The first-order chi connectivity index (χ1) is 13.1. The average Bonchev–Trinajstić information content (AvgIpc) is 2.67. The number of hydrogen-bond donors (Lipinski definition) is 2. The van der Waals surface area contributed by atoms with E-state index in [-0.39, 0.29) is 5.82 Å². The highest BCUT2D eigenvalue weighted by atomic mass is 19.1. The van der Waals surface area contributed by atoms with Gasteiger partial charge in [-0.2, -0.15) is 10.1 Å². The summed E-state index contributed by atoms with van der Waals surface area (Å²) in [7, 11) is 0. The summed E-state index contributed by atoms with van der Waals surface area (Å²) in [5.74, 6) is 0.629. The lowest BCUT2D eigenvalue weighted by molar-refractivity contribution is 0.628. The van der Waals surface area contributed by atoms with Crippen LogP contribution in [0.5, 0.6) is 0 Å². The van der Waals surface area contributed by atoms with E-state index >= 15 is 0 Å². The monoisotopic (exact) mass is 366 g/mol. The second-order valence-electron chi connectivity index (χ2n) is 6.09. The Morgan fingerprint density at radius 1 is 1.00 bits per heavy atom. The highest BCUT2D eigenvalue weighted by molar-refractivity contribution is 5.65. The van der Waals surface area contributed by atoms with E-state index in [2.05, 4.69) is 56.7 Å². The molecule has 140 valence electrons. The van der Waals surface area contributed by atoms with Gasteiger partial charge in [-0.05, 0) is 68.8 Å². The molecule has 1 aromatic heterocycles. The number of nitrogens with zero attached hydrogens (tertiary/aromatic N) is 4. The molecule has 2 aromatic carbocycles. The maximum atomic E-state index is 13.0. The number of aryl methyl sites for hydroxylation is 1. The fourth-order valence-corrected chi connectivity index (χ4v) is 2.79. The van der Waals surface area contributed by atoms with E-state index in [9.17, 15) is 4.39 Å². The maximum absolute atomic E-state index is 13.0. The first kappa shape index (κ1) is 18.6. The van der Waals surface area contributed by atoms with Gasteiger partial charge in [-0.25, -0.2) is 4.39 Å². The van der Waals surface area contributed by atoms with Crippen molar-refractivity contribution >= 4 is 28.8 Å². The molecule has 0 spiro atoms. The molecule has 0 radical (unpaired) electrons. The molecule has 0 amide bonds. The number of rotatable bonds is 7. The second kappa shape index (κ2) is 8.44. The molecule has 1 heterocycles. The minimum Gasteiger partial charge on any atom is -0.372 e. The number of anilines is 5. The molecule has 0 unspecified atom stereocenters. The summed E-state index contributed by atoms with van der Waals surface area (Å²) in [5.41, 5.74) is 3.93. The van der Waals surface area contributed by atoms with Crippen molar-refractivity contribution in [3.05, 3.63) is 60.0 Å². The van der Waals surface area contributed by atoms with E-state index in [1.165, 1.54) is 24.0 Å². The summed E-state index contributed by atoms with van der Waals surface area (Å²) in [6.07, 6.45) is 1.52. The molecular weight excluding hydrogens is 343 g/mol. The van der Waals surface area contributed by atoms with Gasteiger partial charge in [0.1, 0.15) is 5.82 Å². The van der Waals surface area contributed by atoms with Gasteiger partial charge in [0.05, 0.1) is 6.20 Å². The molecule has 0 aliphatic carbocycles. The van der Waals surface area contributed by atoms with Crippen LogP contribution in [0.15, 0.2) is 48.7 Å². The summed E-state index contributed by atoms with van der Waals surface area (Å²) in [4.78, 5) is 6.71. The lowest BCUT2D eigenvalue weighted by Gasteiger charge is -2.22. The fourth-order valence-electron chi connectivity index (χ4n) is 2.79. The van der Waals surface area contributed by atoms with Gasteiger partial charge in [0.2, 0.25) is 5.95 Å². The normalized spacial score (nSPS) is 10.5. The van der Waals surface area contributed by atoms with E-state index in [0.717, 1.165) is 30.0 Å². The van der Waals surface area contributed by atoms with Crippen molar-refractivity contribution in [1.29, 1.82) is 0 Å². The average molecular weight is 366 g/mol. The number of benzene rings is 2. The van der Waals surface area contributed by atoms with Crippen LogP contribution in [0.3, 0.4) is 0 Å². The molecule has 7 heteroatoms. The summed E-state index contributed by atoms with van der Waals surface area (Å²) < 4.78 is 13.0. The molecule has 0 fully saturated rings. The first-order valence-electron chi connectivity index (χ1n) is 8.94. The van der Waals surface area contributed by atoms with Gasteiger partial charge in [-0.15, -0.1) is 5.10 Å². The third-order valence-electron chi connectivity index (χ3n) is 4.26. The van der Waals surface area contributed by atoms with E-state index < -0.39 is 0 Å². The van der Waals surface area contributed by atoms with Crippen molar-refractivity contribution in [2.45, 2.75) is 20.8 Å². The van der Waals surface area contributed by atoms with Crippen LogP contribution in [0.4, 0.5) is 33.2 Å². The zero-order valence-electron chi connectivity index (χ0n) is 15.7. The van der Waals surface area contributed by atoms with Gasteiger partial charge >= 0.3 is 0 Å². The second-order valence-corrected chi connectivity index (χ2v) is 6.09. The van der Waals surface area contributed by atoms with Crippen LogP contribution < -0.4 is 15.5 Å². The van der Waals surface area contributed by atoms with E-state index in [1.54, 1.807) is 12.1 Å². The number of nitrogens with one attached hydrogen (secondary N) is 2. The molecule has 0 aliphatic heterocycles. The summed E-state index contributed by atoms with van der Waals surface area (Å²) in [5, 5.41) is 14.3. The Morgan fingerprint density at radius 3 is 2.41 bits per heavy atom. The summed E-state index contributed by atoms with van der Waals surface area (Å²) in [6.45, 7) is 8.26. The molecule has 0 aliphatic rings. The SMILES string of the molecule is CCN(CC)c1ccc(Nc2nncc(Nc3ccc(F)cc3)n2)c(C)c1. The lowest BCUT2D eigenvalue weighted by atomic mass is 10.1. The number of hydrogen-bond acceptors (Lipinski definition) is 6. The van der Waals surface area contributed by atoms with Gasteiger partial charge in [-0.3, -0.25) is 0 Å². The van der Waals surface area contributed by atoms with Gasteiger partial charge < -0.3 is 15.5 Å². The van der Waals surface area contributed by atoms with E-state index in [4.69, 9.17) is 0 Å². The quantitative estimate of drug-likeness (QED) is 0.634. The molecule has 3 rings (SSSR count). The highest BCUT2D eigenvalue weighted by Gasteiger charge is 2.07. The van der Waals surface area contributed by atoms with Crippen molar-refractivity contribution in [2.75, 3.05) is 28.6 Å². The number of halogens is 1. The minimum absolute atomic E-state index is 0.285. The fraction of sp³-hybridized carbons (Fsp3) is 0.250. The first-order valence-corrected chi connectivity index (χ1v) is 8.94. The van der Waals surface area contributed by atoms with Crippen LogP contribution in [0, 0.1) is 12.7 Å². The van der Waals surface area contributed by atoms with Crippen molar-refractivity contribution in [3.8, 4) is 0 Å². The Balaban J connectivity index is 1.75. The molecule has 0 saturated carbocycles. The Kier molecular flexibility index (Phi) is 5.80. The van der Waals surface area contributed by atoms with Gasteiger partial charge in [0.15, 0.2) is 5.82 Å². The predicted molar refractivity (Wildman–Crippen MR) is 108 cm³/mol. The van der Waals surface area contributed by atoms with Crippen LogP contribution in [-0.4, -0.2) is 28.3 Å². The van der Waals surface area contributed by atoms with E-state index in [1.807, 2.05) is 13.0 Å². The lowest BCUT2D eigenvalue weighted by Crippen LogP contribution is -2.21. The zero-order chi connectivity index (χ0) is 19.2. The van der Waals surface area contributed by atoms with Crippen molar-refractivity contribution in [1.82, 2.24) is 15.2 Å². The molecule has 2 N–H and O–H groups in total. The van der Waals surface area contributed by atoms with Gasteiger partial charge in [-0.1, -0.05) is 0 Å². The summed E-state index contributed by atoms with van der Waals surface area (Å²) in [6, 6.07) is 12.3. The predicted octanol–water partition coefficient (Wildman–Crippen LogP) is 4.65. The zero-order valence-corrected chi connectivity index (χ0v) is 15.7. The maximum Gasteiger partial charge on any atom is 0.249 e. The molecular formula is C20H23FN6. The molecule has 27 heavy (non-hydrogen) atoms.